The lowest BCUT2D eigenvalue weighted by Gasteiger charge is -2.15. The first-order valence-corrected chi connectivity index (χ1v) is 9.99. The van der Waals surface area contributed by atoms with Crippen LogP contribution in [-0.4, -0.2) is 44.3 Å². The highest BCUT2D eigenvalue weighted by Crippen LogP contribution is 2.30. The molecular formula is C22H24F2N2O5. The second-order valence-corrected chi connectivity index (χ2v) is 6.82. The number of amides is 2. The maximum atomic E-state index is 12.7. The van der Waals surface area contributed by atoms with Gasteiger partial charge in [0.05, 0.1) is 24.0 Å². The van der Waals surface area contributed by atoms with Crippen molar-refractivity contribution in [2.75, 3.05) is 25.1 Å². The van der Waals surface area contributed by atoms with Crippen molar-refractivity contribution >= 4 is 17.5 Å². The summed E-state index contributed by atoms with van der Waals surface area (Å²) < 4.78 is 40.4. The highest BCUT2D eigenvalue weighted by Gasteiger charge is 2.19. The molecule has 0 radical (unpaired) electrons. The number of para-hydroxylation sites is 1. The fraction of sp³-hybridized carbons (Fsp3) is 0.364. The molecule has 2 aromatic carbocycles. The number of carbonyl (C=O) groups excluding carboxylic acids is 2. The van der Waals surface area contributed by atoms with Gasteiger partial charge in [-0.3, -0.25) is 9.59 Å². The number of hydrogen-bond acceptors (Lipinski definition) is 5. The molecule has 1 aliphatic rings. The molecule has 1 unspecified atom stereocenters. The fourth-order valence-corrected chi connectivity index (χ4v) is 3.20. The summed E-state index contributed by atoms with van der Waals surface area (Å²) >= 11 is 0. The summed E-state index contributed by atoms with van der Waals surface area (Å²) in [6, 6.07) is 10.5. The molecule has 1 saturated heterocycles. The van der Waals surface area contributed by atoms with Gasteiger partial charge in [0.1, 0.15) is 0 Å². The molecule has 2 amide bonds. The molecule has 0 bridgehead atoms. The summed E-state index contributed by atoms with van der Waals surface area (Å²) in [7, 11) is 0. The lowest BCUT2D eigenvalue weighted by atomic mass is 10.1. The van der Waals surface area contributed by atoms with E-state index in [-0.39, 0.29) is 35.7 Å². The molecule has 2 N–H and O–H groups in total. The van der Waals surface area contributed by atoms with E-state index in [2.05, 4.69) is 15.4 Å². The van der Waals surface area contributed by atoms with Gasteiger partial charge < -0.3 is 24.8 Å². The van der Waals surface area contributed by atoms with E-state index in [1.165, 1.54) is 18.2 Å². The third-order valence-electron chi connectivity index (χ3n) is 4.66. The summed E-state index contributed by atoms with van der Waals surface area (Å²) in [5, 5.41) is 5.51. The minimum atomic E-state index is -3.01. The Bertz CT molecular complexity index is 917. The smallest absolute Gasteiger partial charge is 0.387 e. The van der Waals surface area contributed by atoms with Crippen LogP contribution in [0.1, 0.15) is 40.5 Å². The van der Waals surface area contributed by atoms with Crippen LogP contribution in [0.25, 0.3) is 0 Å². The normalized spacial score (nSPS) is 15.5. The van der Waals surface area contributed by atoms with Crippen molar-refractivity contribution in [3.63, 3.8) is 0 Å². The third kappa shape index (κ3) is 6.14. The zero-order valence-corrected chi connectivity index (χ0v) is 17.0. The number of nitrogens with one attached hydrogen (secondary N) is 2. The molecule has 0 aromatic heterocycles. The van der Waals surface area contributed by atoms with Crippen molar-refractivity contribution in [2.24, 2.45) is 0 Å². The maximum Gasteiger partial charge on any atom is 0.387 e. The molecule has 7 nitrogen and oxygen atoms in total. The number of hydrogen-bond donors (Lipinski definition) is 2. The average molecular weight is 434 g/mol. The van der Waals surface area contributed by atoms with Crippen LogP contribution in [-0.2, 0) is 4.74 Å². The van der Waals surface area contributed by atoms with Crippen molar-refractivity contribution in [3.8, 4) is 11.5 Å². The van der Waals surface area contributed by atoms with Gasteiger partial charge in [0.15, 0.2) is 11.5 Å². The predicted octanol–water partition coefficient (Wildman–Crippen LogP) is 3.85. The number of rotatable bonds is 9. The Labute approximate surface area is 178 Å². The number of benzene rings is 2. The van der Waals surface area contributed by atoms with E-state index in [0.717, 1.165) is 12.8 Å². The molecule has 2 aromatic rings. The van der Waals surface area contributed by atoms with Crippen LogP contribution in [0.2, 0.25) is 0 Å². The van der Waals surface area contributed by atoms with Gasteiger partial charge in [-0.25, -0.2) is 0 Å². The van der Waals surface area contributed by atoms with Crippen molar-refractivity contribution < 1.29 is 32.6 Å². The van der Waals surface area contributed by atoms with Gasteiger partial charge in [-0.05, 0) is 50.1 Å². The molecule has 1 aliphatic heterocycles. The van der Waals surface area contributed by atoms with Crippen molar-refractivity contribution in [1.29, 1.82) is 0 Å². The van der Waals surface area contributed by atoms with Crippen LogP contribution in [0, 0.1) is 0 Å². The third-order valence-corrected chi connectivity index (χ3v) is 4.66. The number of anilines is 1. The van der Waals surface area contributed by atoms with E-state index in [4.69, 9.17) is 9.47 Å². The Kier molecular flexibility index (Phi) is 7.77. The van der Waals surface area contributed by atoms with Crippen molar-refractivity contribution in [2.45, 2.75) is 32.5 Å². The highest BCUT2D eigenvalue weighted by molar-refractivity contribution is 6.09. The zero-order chi connectivity index (χ0) is 22.2. The van der Waals surface area contributed by atoms with Gasteiger partial charge in [0.25, 0.3) is 11.8 Å². The SMILES string of the molecule is CCOc1cc(C(=O)Nc2ccccc2C(=O)NCC2CCCO2)ccc1OC(F)F. The summed E-state index contributed by atoms with van der Waals surface area (Å²) in [6.07, 6.45) is 1.86. The standard InChI is InChI=1S/C22H24F2N2O5/c1-2-29-19-12-14(9-10-18(19)31-22(23)24)20(27)26-17-8-4-3-7-16(17)21(28)25-13-15-6-5-11-30-15/h3-4,7-10,12,15,22H,2,5-6,11,13H2,1H3,(H,25,28)(H,26,27). The molecule has 3 rings (SSSR count). The van der Waals surface area contributed by atoms with Crippen molar-refractivity contribution in [3.05, 3.63) is 53.6 Å². The van der Waals surface area contributed by atoms with E-state index in [0.29, 0.717) is 24.4 Å². The first kappa shape index (κ1) is 22.5. The zero-order valence-electron chi connectivity index (χ0n) is 17.0. The van der Waals surface area contributed by atoms with Gasteiger partial charge in [0, 0.05) is 18.7 Å². The van der Waals surface area contributed by atoms with E-state index in [1.54, 1.807) is 31.2 Å². The van der Waals surface area contributed by atoms with E-state index >= 15 is 0 Å². The molecule has 0 saturated carbocycles. The van der Waals surface area contributed by atoms with Crippen LogP contribution in [0.4, 0.5) is 14.5 Å². The molecule has 1 fully saturated rings. The van der Waals surface area contributed by atoms with Crippen LogP contribution in [0.3, 0.4) is 0 Å². The average Bonchev–Trinajstić information content (AvgIpc) is 3.27. The first-order chi connectivity index (χ1) is 15.0. The van der Waals surface area contributed by atoms with Gasteiger partial charge in [-0.2, -0.15) is 8.78 Å². The molecule has 0 spiro atoms. The highest BCUT2D eigenvalue weighted by atomic mass is 19.3. The van der Waals surface area contributed by atoms with Gasteiger partial charge in [-0.1, -0.05) is 12.1 Å². The van der Waals surface area contributed by atoms with E-state index in [1.807, 2.05) is 0 Å². The number of carbonyl (C=O) groups is 2. The Morgan fingerprint density at radius 2 is 1.97 bits per heavy atom. The summed E-state index contributed by atoms with van der Waals surface area (Å²) in [5.74, 6) is -0.994. The largest absolute Gasteiger partial charge is 0.490 e. The Hall–Kier alpha value is -3.20. The molecule has 166 valence electrons. The van der Waals surface area contributed by atoms with Crippen molar-refractivity contribution in [1.82, 2.24) is 5.32 Å². The van der Waals surface area contributed by atoms with Crippen LogP contribution in [0.5, 0.6) is 11.5 Å². The lowest BCUT2D eigenvalue weighted by Crippen LogP contribution is -2.32. The van der Waals surface area contributed by atoms with Crippen LogP contribution in [0.15, 0.2) is 42.5 Å². The lowest BCUT2D eigenvalue weighted by molar-refractivity contribution is -0.0514. The quantitative estimate of drug-likeness (QED) is 0.626. The van der Waals surface area contributed by atoms with Gasteiger partial charge >= 0.3 is 6.61 Å². The number of halogens is 2. The molecular weight excluding hydrogens is 410 g/mol. The van der Waals surface area contributed by atoms with Gasteiger partial charge in [-0.15, -0.1) is 0 Å². The number of alkyl halides is 2. The Balaban J connectivity index is 1.72. The topological polar surface area (TPSA) is 85.9 Å². The molecule has 9 heteroatoms. The second kappa shape index (κ2) is 10.7. The predicted molar refractivity (Wildman–Crippen MR) is 110 cm³/mol. The monoisotopic (exact) mass is 434 g/mol. The number of ether oxygens (including phenoxy) is 3. The maximum absolute atomic E-state index is 12.7. The second-order valence-electron chi connectivity index (χ2n) is 6.82. The molecule has 1 heterocycles. The van der Waals surface area contributed by atoms with Gasteiger partial charge in [0.2, 0.25) is 0 Å². The molecule has 1 atom stereocenters. The summed E-state index contributed by atoms with van der Waals surface area (Å²) in [4.78, 5) is 25.3. The summed E-state index contributed by atoms with van der Waals surface area (Å²) in [5.41, 5.74) is 0.791. The van der Waals surface area contributed by atoms with E-state index in [9.17, 15) is 18.4 Å². The molecule has 31 heavy (non-hydrogen) atoms. The van der Waals surface area contributed by atoms with Crippen LogP contribution < -0.4 is 20.1 Å². The molecule has 0 aliphatic carbocycles. The first-order valence-electron chi connectivity index (χ1n) is 9.99. The van der Waals surface area contributed by atoms with E-state index < -0.39 is 12.5 Å². The minimum Gasteiger partial charge on any atom is -0.490 e. The minimum absolute atomic E-state index is 0.00309. The Morgan fingerprint density at radius 1 is 1.16 bits per heavy atom. The van der Waals surface area contributed by atoms with Crippen LogP contribution >= 0.6 is 0 Å². The summed E-state index contributed by atoms with van der Waals surface area (Å²) in [6.45, 7) is -0.0375. The Morgan fingerprint density at radius 3 is 2.68 bits per heavy atom. The fourth-order valence-electron chi connectivity index (χ4n) is 3.20.